The third-order valence-corrected chi connectivity index (χ3v) is 3.92. The molecule has 27 heavy (non-hydrogen) atoms. The first kappa shape index (κ1) is 18.1. The fourth-order valence-electron chi connectivity index (χ4n) is 2.50. The number of hydrogen-bond donors (Lipinski definition) is 2. The van der Waals surface area contributed by atoms with E-state index in [-0.39, 0.29) is 11.3 Å². The Hall–Kier alpha value is -3.67. The minimum absolute atomic E-state index is 0.250. The molecule has 0 aliphatic carbocycles. The van der Waals surface area contributed by atoms with Gasteiger partial charge in [-0.25, -0.2) is 9.78 Å². The van der Waals surface area contributed by atoms with E-state index in [1.165, 1.54) is 7.11 Å². The number of nitrogens with zero attached hydrogens (tertiary/aromatic N) is 1. The van der Waals surface area contributed by atoms with Gasteiger partial charge in [-0.05, 0) is 29.8 Å². The third kappa shape index (κ3) is 4.70. The van der Waals surface area contributed by atoms with Crippen LogP contribution in [0.1, 0.15) is 26.4 Å². The smallest absolute Gasteiger partial charge is 0.339 e. The summed E-state index contributed by atoms with van der Waals surface area (Å²) < 4.78 is 4.73. The van der Waals surface area contributed by atoms with Crippen LogP contribution in [-0.4, -0.2) is 24.0 Å². The van der Waals surface area contributed by atoms with Gasteiger partial charge in [-0.2, -0.15) is 0 Å². The van der Waals surface area contributed by atoms with Crippen molar-refractivity contribution in [1.82, 2.24) is 4.98 Å². The number of carbonyl (C=O) groups excluding carboxylic acids is 2. The molecule has 3 aromatic rings. The zero-order chi connectivity index (χ0) is 19.1. The molecule has 0 saturated carbocycles. The molecule has 1 heterocycles. The summed E-state index contributed by atoms with van der Waals surface area (Å²) in [7, 11) is 1.30. The molecule has 0 bridgehead atoms. The Morgan fingerprint density at radius 3 is 2.41 bits per heavy atom. The Morgan fingerprint density at radius 1 is 0.963 bits per heavy atom. The van der Waals surface area contributed by atoms with Crippen molar-refractivity contribution >= 4 is 23.3 Å². The van der Waals surface area contributed by atoms with Crippen LogP contribution in [0.2, 0.25) is 0 Å². The zero-order valence-corrected chi connectivity index (χ0v) is 14.8. The molecule has 0 aliphatic rings. The lowest BCUT2D eigenvalue weighted by molar-refractivity contribution is 0.0602. The maximum atomic E-state index is 12.4. The van der Waals surface area contributed by atoms with Crippen LogP contribution in [0.3, 0.4) is 0 Å². The Labute approximate surface area is 157 Å². The first-order chi connectivity index (χ1) is 13.2. The molecule has 0 saturated heterocycles. The summed E-state index contributed by atoms with van der Waals surface area (Å²) >= 11 is 0. The molecule has 2 N–H and O–H groups in total. The number of hydrogen-bond acceptors (Lipinski definition) is 5. The van der Waals surface area contributed by atoms with Gasteiger partial charge in [0.1, 0.15) is 5.69 Å². The summed E-state index contributed by atoms with van der Waals surface area (Å²) in [4.78, 5) is 28.4. The fraction of sp³-hybridized carbons (Fsp3) is 0.0952. The molecule has 1 aromatic heterocycles. The minimum atomic E-state index is -0.515. The van der Waals surface area contributed by atoms with Gasteiger partial charge in [-0.1, -0.05) is 42.5 Å². The molecule has 1 amide bonds. The van der Waals surface area contributed by atoms with E-state index in [2.05, 4.69) is 15.6 Å². The first-order valence-electron chi connectivity index (χ1n) is 8.40. The van der Waals surface area contributed by atoms with Crippen LogP contribution in [0.5, 0.6) is 0 Å². The normalized spacial score (nSPS) is 10.1. The number of aromatic nitrogens is 1. The van der Waals surface area contributed by atoms with Crippen molar-refractivity contribution in [2.75, 3.05) is 17.7 Å². The molecule has 0 spiro atoms. The molecular weight excluding hydrogens is 342 g/mol. The number of pyridine rings is 1. The molecular formula is C21H19N3O3. The van der Waals surface area contributed by atoms with E-state index in [1.807, 2.05) is 30.3 Å². The van der Waals surface area contributed by atoms with Crippen LogP contribution in [0.4, 0.5) is 11.4 Å². The largest absolute Gasteiger partial charge is 0.465 e. The molecule has 0 radical (unpaired) electrons. The lowest BCUT2D eigenvalue weighted by Crippen LogP contribution is -2.16. The highest BCUT2D eigenvalue weighted by molar-refractivity contribution is 6.07. The maximum absolute atomic E-state index is 12.4. The summed E-state index contributed by atoms with van der Waals surface area (Å²) in [5.74, 6) is -0.916. The summed E-state index contributed by atoms with van der Waals surface area (Å²) in [5, 5.41) is 5.95. The van der Waals surface area contributed by atoms with Crippen molar-refractivity contribution in [3.8, 4) is 0 Å². The highest BCUT2D eigenvalue weighted by Crippen LogP contribution is 2.17. The molecule has 0 atom stereocenters. The van der Waals surface area contributed by atoms with E-state index in [9.17, 15) is 9.59 Å². The highest BCUT2D eigenvalue weighted by atomic mass is 16.5. The Balaban J connectivity index is 1.65. The van der Waals surface area contributed by atoms with E-state index in [4.69, 9.17) is 4.74 Å². The van der Waals surface area contributed by atoms with Crippen molar-refractivity contribution in [3.05, 3.63) is 89.7 Å². The number of benzene rings is 2. The van der Waals surface area contributed by atoms with Crippen LogP contribution in [0.15, 0.2) is 72.9 Å². The van der Waals surface area contributed by atoms with Gasteiger partial charge in [-0.3, -0.25) is 4.79 Å². The van der Waals surface area contributed by atoms with Crippen LogP contribution in [0, 0.1) is 0 Å². The second kappa shape index (κ2) is 8.62. The maximum Gasteiger partial charge on any atom is 0.339 e. The average Bonchev–Trinajstić information content (AvgIpc) is 2.73. The van der Waals surface area contributed by atoms with E-state index < -0.39 is 11.9 Å². The van der Waals surface area contributed by atoms with Crippen molar-refractivity contribution in [2.24, 2.45) is 0 Å². The molecule has 6 nitrogen and oxygen atoms in total. The summed E-state index contributed by atoms with van der Waals surface area (Å²) in [5.41, 5.74) is 2.88. The number of rotatable bonds is 6. The fourth-order valence-corrected chi connectivity index (χ4v) is 2.50. The molecule has 0 fully saturated rings. The predicted molar refractivity (Wildman–Crippen MR) is 104 cm³/mol. The second-order valence-corrected chi connectivity index (χ2v) is 5.76. The van der Waals surface area contributed by atoms with Gasteiger partial charge in [0, 0.05) is 6.54 Å². The number of nitrogens with one attached hydrogen (secondary N) is 2. The Morgan fingerprint density at radius 2 is 1.70 bits per heavy atom. The van der Waals surface area contributed by atoms with Crippen LogP contribution < -0.4 is 10.6 Å². The quantitative estimate of drug-likeness (QED) is 0.654. The van der Waals surface area contributed by atoms with E-state index in [0.29, 0.717) is 12.2 Å². The van der Waals surface area contributed by atoms with Gasteiger partial charge in [0.2, 0.25) is 0 Å². The van der Waals surface area contributed by atoms with Gasteiger partial charge in [0.15, 0.2) is 0 Å². The number of carbonyl (C=O) groups is 2. The number of amides is 1. The van der Waals surface area contributed by atoms with Crippen LogP contribution >= 0.6 is 0 Å². The van der Waals surface area contributed by atoms with Crippen molar-refractivity contribution in [2.45, 2.75) is 6.54 Å². The monoisotopic (exact) mass is 361 g/mol. The molecule has 3 rings (SSSR count). The molecule has 0 unspecified atom stereocenters. The van der Waals surface area contributed by atoms with Crippen LogP contribution in [-0.2, 0) is 11.3 Å². The topological polar surface area (TPSA) is 80.3 Å². The van der Waals surface area contributed by atoms with Crippen molar-refractivity contribution < 1.29 is 14.3 Å². The van der Waals surface area contributed by atoms with Gasteiger partial charge in [0.25, 0.3) is 5.91 Å². The van der Waals surface area contributed by atoms with Gasteiger partial charge in [0.05, 0.1) is 30.2 Å². The number of esters is 1. The molecule has 6 heteroatoms. The van der Waals surface area contributed by atoms with Gasteiger partial charge >= 0.3 is 5.97 Å². The minimum Gasteiger partial charge on any atom is -0.465 e. The SMILES string of the molecule is COC(=O)c1ccccc1NC(=O)c1ccc(NCc2ccccc2)cn1. The standard InChI is InChI=1S/C21H19N3O3/c1-27-21(26)17-9-5-6-10-18(17)24-20(25)19-12-11-16(14-23-19)22-13-15-7-3-2-4-8-15/h2-12,14,22H,13H2,1H3,(H,24,25). The number of para-hydroxylation sites is 1. The third-order valence-electron chi connectivity index (χ3n) is 3.92. The molecule has 0 aliphatic heterocycles. The number of anilines is 2. The van der Waals surface area contributed by atoms with Gasteiger partial charge in [-0.15, -0.1) is 0 Å². The van der Waals surface area contributed by atoms with E-state index >= 15 is 0 Å². The molecule has 2 aromatic carbocycles. The van der Waals surface area contributed by atoms with Crippen molar-refractivity contribution in [1.29, 1.82) is 0 Å². The van der Waals surface area contributed by atoms with Gasteiger partial charge < -0.3 is 15.4 Å². The zero-order valence-electron chi connectivity index (χ0n) is 14.8. The summed E-state index contributed by atoms with van der Waals surface area (Å²) in [6, 6.07) is 20.1. The molecule has 136 valence electrons. The van der Waals surface area contributed by atoms with E-state index in [0.717, 1.165) is 11.3 Å². The van der Waals surface area contributed by atoms with Crippen molar-refractivity contribution in [3.63, 3.8) is 0 Å². The van der Waals surface area contributed by atoms with E-state index in [1.54, 1.807) is 42.6 Å². The van der Waals surface area contributed by atoms with Crippen LogP contribution in [0.25, 0.3) is 0 Å². The summed E-state index contributed by atoms with van der Waals surface area (Å²) in [6.45, 7) is 0.667. The second-order valence-electron chi connectivity index (χ2n) is 5.76. The lowest BCUT2D eigenvalue weighted by atomic mass is 10.1. The highest BCUT2D eigenvalue weighted by Gasteiger charge is 2.14. The Kier molecular flexibility index (Phi) is 5.79. The predicted octanol–water partition coefficient (Wildman–Crippen LogP) is 3.73. The number of methoxy groups -OCH3 is 1. The first-order valence-corrected chi connectivity index (χ1v) is 8.40. The number of ether oxygens (including phenoxy) is 1. The lowest BCUT2D eigenvalue weighted by Gasteiger charge is -2.10. The Bertz CT molecular complexity index is 925. The average molecular weight is 361 g/mol. The summed E-state index contributed by atoms with van der Waals surface area (Å²) in [6.07, 6.45) is 1.60.